The van der Waals surface area contributed by atoms with Crippen LogP contribution in [0.15, 0.2) is 19.0 Å². The van der Waals surface area contributed by atoms with Crippen molar-refractivity contribution in [3.63, 3.8) is 0 Å². The fourth-order valence-corrected chi connectivity index (χ4v) is 1.60. The van der Waals surface area contributed by atoms with Crippen LogP contribution in [0.1, 0.15) is 5.69 Å². The molecule has 7 heteroatoms. The first-order chi connectivity index (χ1) is 7.37. The largest absolute Gasteiger partial charge is 1.00 e. The monoisotopic (exact) mass is 304 g/mol. The number of halogens is 1. The van der Waals surface area contributed by atoms with E-state index in [4.69, 9.17) is 0 Å². The van der Waals surface area contributed by atoms with E-state index in [9.17, 15) is 10.1 Å². The highest BCUT2D eigenvalue weighted by Gasteiger charge is 2.26. The lowest BCUT2D eigenvalue weighted by molar-refractivity contribution is -0.898. The quantitative estimate of drug-likeness (QED) is 0.276. The summed E-state index contributed by atoms with van der Waals surface area (Å²) < 4.78 is 2.31. The Kier molecular flexibility index (Phi) is 5.50. The number of hydrogen-bond donors (Lipinski definition) is 0. The smallest absolute Gasteiger partial charge is 0.390 e. The zero-order valence-corrected chi connectivity index (χ0v) is 11.8. The van der Waals surface area contributed by atoms with Gasteiger partial charge < -0.3 is 36.1 Å². The predicted octanol–water partition coefficient (Wildman–Crippen LogP) is -1.91. The summed E-state index contributed by atoms with van der Waals surface area (Å²) in [4.78, 5) is 14.1. The van der Waals surface area contributed by atoms with E-state index in [-0.39, 0.29) is 22.8 Å². The Bertz CT molecular complexity index is 414. The Morgan fingerprint density at radius 3 is 2.71 bits per heavy atom. The van der Waals surface area contributed by atoms with Gasteiger partial charge in [0.1, 0.15) is 6.54 Å². The molecule has 6 nitrogen and oxygen atoms in total. The van der Waals surface area contributed by atoms with Crippen LogP contribution in [0.3, 0.4) is 0 Å². The molecule has 0 radical (unpaired) electrons. The Balaban J connectivity index is 0.00000256. The van der Waals surface area contributed by atoms with E-state index < -0.39 is 4.92 Å². The minimum absolute atomic E-state index is 0. The molecule has 0 atom stereocenters. The molecule has 1 heterocycles. The van der Waals surface area contributed by atoms with Crippen molar-refractivity contribution >= 4 is 5.82 Å². The highest BCUT2D eigenvalue weighted by Crippen LogP contribution is 2.19. The molecule has 17 heavy (non-hydrogen) atoms. The molecule has 0 unspecified atom stereocenters. The van der Waals surface area contributed by atoms with Gasteiger partial charge in [-0.1, -0.05) is 6.58 Å². The average Bonchev–Trinajstić information content (AvgIpc) is 2.47. The molecule has 0 amide bonds. The van der Waals surface area contributed by atoms with Gasteiger partial charge in [-0.3, -0.25) is 0 Å². The molecule has 1 aromatic heterocycles. The van der Waals surface area contributed by atoms with Crippen LogP contribution in [-0.2, 0) is 13.6 Å². The fraction of sp³-hybridized carbons (Fsp3) is 0.500. The number of rotatable bonds is 5. The van der Waals surface area contributed by atoms with Gasteiger partial charge in [-0.2, -0.15) is 0 Å². The van der Waals surface area contributed by atoms with Gasteiger partial charge in [-0.15, -0.1) is 0 Å². The van der Waals surface area contributed by atoms with Crippen LogP contribution < -0.4 is 17.0 Å². The van der Waals surface area contributed by atoms with Gasteiger partial charge in [-0.05, 0) is 16.0 Å². The van der Waals surface area contributed by atoms with Gasteiger partial charge in [-0.25, -0.2) is 0 Å². The number of hydrogen-bond acceptors (Lipinski definition) is 3. The summed E-state index contributed by atoms with van der Waals surface area (Å²) in [6, 6.07) is 0. The van der Waals surface area contributed by atoms with Crippen molar-refractivity contribution in [3.8, 4) is 0 Å². The highest BCUT2D eigenvalue weighted by atomic mass is 79.9. The number of aromatic nitrogens is 2. The molecule has 0 saturated carbocycles. The van der Waals surface area contributed by atoms with E-state index >= 15 is 0 Å². The van der Waals surface area contributed by atoms with Crippen LogP contribution in [0.4, 0.5) is 5.82 Å². The van der Waals surface area contributed by atoms with Crippen LogP contribution in [0, 0.1) is 10.1 Å². The molecular formula is C10H17BrN4O2. The lowest BCUT2D eigenvalue weighted by atomic mass is 10.3. The van der Waals surface area contributed by atoms with Gasteiger partial charge in [0.05, 0.1) is 20.6 Å². The van der Waals surface area contributed by atoms with Crippen molar-refractivity contribution in [3.05, 3.63) is 34.8 Å². The molecule has 0 aliphatic heterocycles. The van der Waals surface area contributed by atoms with E-state index in [1.807, 2.05) is 20.2 Å². The second-order valence-corrected chi connectivity index (χ2v) is 4.45. The maximum atomic E-state index is 10.8. The highest BCUT2D eigenvalue weighted by molar-refractivity contribution is 5.26. The summed E-state index contributed by atoms with van der Waals surface area (Å²) in [7, 11) is 5.76. The molecule has 0 aromatic carbocycles. The molecule has 0 saturated heterocycles. The number of quaternary nitrogens is 1. The molecule has 0 N–H and O–H groups in total. The molecule has 0 aliphatic carbocycles. The first-order valence-corrected chi connectivity index (χ1v) is 4.95. The topological polar surface area (TPSA) is 61.0 Å². The maximum absolute atomic E-state index is 10.8. The second-order valence-electron chi connectivity index (χ2n) is 4.45. The van der Waals surface area contributed by atoms with Crippen molar-refractivity contribution in [2.75, 3.05) is 20.6 Å². The van der Waals surface area contributed by atoms with Gasteiger partial charge in [0, 0.05) is 7.05 Å². The van der Waals surface area contributed by atoms with E-state index in [0.29, 0.717) is 16.7 Å². The number of nitro groups is 1. The van der Waals surface area contributed by atoms with Crippen molar-refractivity contribution in [1.82, 2.24) is 9.55 Å². The van der Waals surface area contributed by atoms with Gasteiger partial charge in [0.25, 0.3) is 0 Å². The number of aryl methyl sites for hydroxylation is 1. The van der Waals surface area contributed by atoms with Crippen molar-refractivity contribution in [2.24, 2.45) is 7.05 Å². The molecule has 1 aromatic rings. The van der Waals surface area contributed by atoms with Crippen LogP contribution in [0.25, 0.3) is 0 Å². The predicted molar refractivity (Wildman–Crippen MR) is 60.7 cm³/mol. The fourth-order valence-electron chi connectivity index (χ4n) is 1.60. The van der Waals surface area contributed by atoms with E-state index in [1.165, 1.54) is 6.33 Å². The third kappa shape index (κ3) is 3.94. The van der Waals surface area contributed by atoms with Crippen molar-refractivity contribution in [2.45, 2.75) is 6.54 Å². The summed E-state index contributed by atoms with van der Waals surface area (Å²) in [6.07, 6.45) is 3.28. The van der Waals surface area contributed by atoms with Crippen molar-refractivity contribution in [1.29, 1.82) is 0 Å². The molecule has 0 aliphatic rings. The average molecular weight is 305 g/mol. The van der Waals surface area contributed by atoms with Gasteiger partial charge in [0.2, 0.25) is 6.33 Å². The van der Waals surface area contributed by atoms with Crippen LogP contribution in [0.5, 0.6) is 0 Å². The number of likely N-dealkylation sites (N-methyl/N-ethyl adjacent to an activating group) is 1. The standard InChI is InChI=1S/C10H17N4O2.BrH/c1-5-6-14(3,4)7-9-10(13(15)16)11-8-12(9)2;/h5,8H,1,6-7H2,2-4H3;1H/q+1;/p-1. The minimum atomic E-state index is -0.441. The van der Waals surface area contributed by atoms with E-state index in [2.05, 4.69) is 11.6 Å². The number of nitrogens with zero attached hydrogens (tertiary/aromatic N) is 4. The van der Waals surface area contributed by atoms with Gasteiger partial charge in [0.15, 0.2) is 5.69 Å². The van der Waals surface area contributed by atoms with Crippen molar-refractivity contribution < 1.29 is 26.4 Å². The zero-order chi connectivity index (χ0) is 12.3. The first-order valence-electron chi connectivity index (χ1n) is 4.95. The molecule has 0 bridgehead atoms. The van der Waals surface area contributed by atoms with Gasteiger partial charge >= 0.3 is 5.82 Å². The Hall–Kier alpha value is -1.21. The first kappa shape index (κ1) is 15.8. The van der Waals surface area contributed by atoms with Crippen LogP contribution in [0.2, 0.25) is 0 Å². The molecule has 0 spiro atoms. The molecule has 1 rings (SSSR count). The molecule has 96 valence electrons. The Morgan fingerprint density at radius 2 is 2.24 bits per heavy atom. The lowest BCUT2D eigenvalue weighted by Crippen LogP contribution is -3.00. The zero-order valence-electron chi connectivity index (χ0n) is 10.3. The summed E-state index contributed by atoms with van der Waals surface area (Å²) in [5, 5.41) is 10.8. The minimum Gasteiger partial charge on any atom is -1.00 e. The summed E-state index contributed by atoms with van der Waals surface area (Å²) in [5.74, 6) is -0.0576. The molecule has 0 fully saturated rings. The number of imidazole rings is 1. The second kappa shape index (κ2) is 5.92. The third-order valence-corrected chi connectivity index (χ3v) is 2.41. The normalized spacial score (nSPS) is 10.8. The maximum Gasteiger partial charge on any atom is 0.390 e. The van der Waals surface area contributed by atoms with E-state index in [0.717, 1.165) is 6.54 Å². The van der Waals surface area contributed by atoms with Crippen LogP contribution >= 0.6 is 0 Å². The Labute approximate surface area is 111 Å². The summed E-state index contributed by atoms with van der Waals surface area (Å²) in [5.41, 5.74) is 0.636. The molecular weight excluding hydrogens is 288 g/mol. The van der Waals surface area contributed by atoms with E-state index in [1.54, 1.807) is 11.6 Å². The van der Waals surface area contributed by atoms with Crippen LogP contribution in [-0.4, -0.2) is 39.6 Å². The summed E-state index contributed by atoms with van der Waals surface area (Å²) in [6.45, 7) is 4.99. The summed E-state index contributed by atoms with van der Waals surface area (Å²) >= 11 is 0. The third-order valence-electron chi connectivity index (χ3n) is 2.41. The lowest BCUT2D eigenvalue weighted by Gasteiger charge is -2.27. The Morgan fingerprint density at radius 1 is 1.65 bits per heavy atom. The SMILES string of the molecule is C=CC[N+](C)(C)Cc1c([N+](=O)[O-])ncn1C.[Br-].